The topological polar surface area (TPSA) is 75.4 Å². The van der Waals surface area contributed by atoms with E-state index in [1.54, 1.807) is 17.5 Å². The lowest BCUT2D eigenvalue weighted by atomic mass is 10.3. The summed E-state index contributed by atoms with van der Waals surface area (Å²) in [5.74, 6) is -0.371. The van der Waals surface area contributed by atoms with Crippen LogP contribution in [-0.4, -0.2) is 16.1 Å². The van der Waals surface area contributed by atoms with Gasteiger partial charge in [-0.25, -0.2) is 9.78 Å². The van der Waals surface area contributed by atoms with Gasteiger partial charge >= 0.3 is 5.97 Å². The number of rotatable bonds is 5. The summed E-state index contributed by atoms with van der Waals surface area (Å²) in [6.07, 6.45) is 2.99. The van der Waals surface area contributed by atoms with E-state index in [0.717, 1.165) is 5.01 Å². The molecule has 5 nitrogen and oxygen atoms in total. The van der Waals surface area contributed by atoms with Crippen molar-refractivity contribution in [2.45, 2.75) is 13.1 Å². The lowest BCUT2D eigenvalue weighted by molar-refractivity contribution is 0.0696. The first kappa shape index (κ1) is 10.8. The smallest absolute Gasteiger partial charge is 0.338 e. The van der Waals surface area contributed by atoms with Gasteiger partial charge in [-0.3, -0.25) is 0 Å². The fraction of sp³-hybridized carbons (Fsp3) is 0.200. The highest BCUT2D eigenvalue weighted by Crippen LogP contribution is 2.08. The van der Waals surface area contributed by atoms with Crippen molar-refractivity contribution < 1.29 is 14.3 Å². The number of carbonyl (C=O) groups is 1. The van der Waals surface area contributed by atoms with Gasteiger partial charge in [-0.15, -0.1) is 11.3 Å². The number of thiazole rings is 1. The lowest BCUT2D eigenvalue weighted by Crippen LogP contribution is -2.11. The van der Waals surface area contributed by atoms with Crippen molar-refractivity contribution in [2.24, 2.45) is 0 Å². The van der Waals surface area contributed by atoms with Crippen LogP contribution in [0.2, 0.25) is 0 Å². The van der Waals surface area contributed by atoms with Crippen LogP contribution >= 0.6 is 11.3 Å². The number of carboxylic acids is 1. The maximum atomic E-state index is 10.6. The molecule has 0 radical (unpaired) electrons. The van der Waals surface area contributed by atoms with Crippen molar-refractivity contribution in [3.05, 3.63) is 40.2 Å². The first-order valence-electron chi connectivity index (χ1n) is 4.65. The van der Waals surface area contributed by atoms with Crippen molar-refractivity contribution in [1.82, 2.24) is 10.3 Å². The molecule has 2 heterocycles. The minimum Gasteiger partial charge on any atom is -0.478 e. The largest absolute Gasteiger partial charge is 0.478 e. The zero-order valence-electron chi connectivity index (χ0n) is 8.34. The van der Waals surface area contributed by atoms with E-state index in [-0.39, 0.29) is 5.56 Å². The Balaban J connectivity index is 1.83. The van der Waals surface area contributed by atoms with Crippen molar-refractivity contribution in [3.63, 3.8) is 0 Å². The van der Waals surface area contributed by atoms with Crippen molar-refractivity contribution in [3.8, 4) is 0 Å². The summed E-state index contributed by atoms with van der Waals surface area (Å²) in [5, 5.41) is 14.7. The molecule has 0 aliphatic heterocycles. The van der Waals surface area contributed by atoms with Gasteiger partial charge in [-0.2, -0.15) is 0 Å². The van der Waals surface area contributed by atoms with Crippen LogP contribution in [0.1, 0.15) is 21.1 Å². The van der Waals surface area contributed by atoms with Gasteiger partial charge in [-0.05, 0) is 6.07 Å². The molecule has 2 rings (SSSR count). The summed E-state index contributed by atoms with van der Waals surface area (Å²) in [5.41, 5.74) is 0.172. The van der Waals surface area contributed by atoms with Crippen molar-refractivity contribution >= 4 is 17.3 Å². The van der Waals surface area contributed by atoms with Gasteiger partial charge in [0.1, 0.15) is 17.0 Å². The quantitative estimate of drug-likeness (QED) is 0.829. The molecular weight excluding hydrogens is 228 g/mol. The Bertz CT molecular complexity index is 464. The molecule has 84 valence electrons. The number of nitrogens with zero attached hydrogens (tertiary/aromatic N) is 1. The summed E-state index contributed by atoms with van der Waals surface area (Å²) >= 11 is 1.57. The van der Waals surface area contributed by atoms with Crippen LogP contribution in [0.3, 0.4) is 0 Å². The minimum absolute atomic E-state index is 0.172. The van der Waals surface area contributed by atoms with Crippen molar-refractivity contribution in [1.29, 1.82) is 0 Å². The number of aromatic nitrogens is 1. The van der Waals surface area contributed by atoms with Gasteiger partial charge in [0.25, 0.3) is 0 Å². The maximum absolute atomic E-state index is 10.6. The Hall–Kier alpha value is -1.66. The van der Waals surface area contributed by atoms with E-state index in [9.17, 15) is 4.79 Å². The van der Waals surface area contributed by atoms with E-state index in [4.69, 9.17) is 9.52 Å². The van der Waals surface area contributed by atoms with E-state index in [0.29, 0.717) is 18.8 Å². The summed E-state index contributed by atoms with van der Waals surface area (Å²) in [6, 6.07) is 1.51. The Morgan fingerprint density at radius 3 is 3.06 bits per heavy atom. The van der Waals surface area contributed by atoms with E-state index in [2.05, 4.69) is 10.3 Å². The van der Waals surface area contributed by atoms with E-state index >= 15 is 0 Å². The van der Waals surface area contributed by atoms with Gasteiger partial charge in [0, 0.05) is 18.1 Å². The molecule has 6 heteroatoms. The fourth-order valence-corrected chi connectivity index (χ4v) is 1.80. The van der Waals surface area contributed by atoms with Crippen LogP contribution in [0.5, 0.6) is 0 Å². The molecule has 0 aromatic carbocycles. The SMILES string of the molecule is O=C(O)c1coc(CNCc2nccs2)c1. The fourth-order valence-electron chi connectivity index (χ4n) is 1.22. The lowest BCUT2D eigenvalue weighted by Gasteiger charge is -1.98. The van der Waals surface area contributed by atoms with E-state index in [1.807, 2.05) is 5.38 Å². The van der Waals surface area contributed by atoms with Crippen LogP contribution < -0.4 is 5.32 Å². The van der Waals surface area contributed by atoms with Crippen molar-refractivity contribution in [2.75, 3.05) is 0 Å². The molecule has 0 atom stereocenters. The van der Waals surface area contributed by atoms with Gasteiger partial charge < -0.3 is 14.8 Å². The molecule has 0 bridgehead atoms. The molecule has 0 saturated heterocycles. The number of hydrogen-bond acceptors (Lipinski definition) is 5. The Kier molecular flexibility index (Phi) is 3.33. The van der Waals surface area contributed by atoms with Gasteiger partial charge in [-0.1, -0.05) is 0 Å². The molecule has 0 unspecified atom stereocenters. The van der Waals surface area contributed by atoms with Crippen LogP contribution in [0.15, 0.2) is 28.3 Å². The summed E-state index contributed by atoms with van der Waals surface area (Å²) < 4.78 is 5.09. The first-order valence-corrected chi connectivity index (χ1v) is 5.53. The maximum Gasteiger partial charge on any atom is 0.338 e. The normalized spacial score (nSPS) is 10.5. The number of carboxylic acid groups (broad SMARTS) is 1. The van der Waals surface area contributed by atoms with Crippen LogP contribution in [0.4, 0.5) is 0 Å². The molecular formula is C10H10N2O3S. The molecule has 0 amide bonds. The summed E-state index contributed by atoms with van der Waals surface area (Å²) in [6.45, 7) is 1.15. The second-order valence-electron chi connectivity index (χ2n) is 3.14. The van der Waals surface area contributed by atoms with Gasteiger partial charge in [0.2, 0.25) is 0 Å². The third-order valence-corrected chi connectivity index (χ3v) is 2.74. The van der Waals surface area contributed by atoms with Crippen LogP contribution in [0, 0.1) is 0 Å². The minimum atomic E-state index is -0.977. The zero-order chi connectivity index (χ0) is 11.4. The predicted octanol–water partition coefficient (Wildman–Crippen LogP) is 1.72. The van der Waals surface area contributed by atoms with Gasteiger partial charge in [0.05, 0.1) is 12.1 Å². The Labute approximate surface area is 95.7 Å². The summed E-state index contributed by atoms with van der Waals surface area (Å²) in [4.78, 5) is 14.7. The molecule has 0 fully saturated rings. The highest BCUT2D eigenvalue weighted by Gasteiger charge is 2.07. The van der Waals surface area contributed by atoms with E-state index in [1.165, 1.54) is 12.3 Å². The molecule has 16 heavy (non-hydrogen) atoms. The average Bonchev–Trinajstić information content (AvgIpc) is 2.87. The van der Waals surface area contributed by atoms with Crippen LogP contribution in [0.25, 0.3) is 0 Å². The van der Waals surface area contributed by atoms with E-state index < -0.39 is 5.97 Å². The highest BCUT2D eigenvalue weighted by atomic mass is 32.1. The monoisotopic (exact) mass is 238 g/mol. The standard InChI is InChI=1S/C10H10N2O3S/c13-10(14)7-3-8(15-6-7)4-11-5-9-12-1-2-16-9/h1-3,6,11H,4-5H2,(H,13,14). The molecule has 0 aliphatic carbocycles. The molecule has 2 aromatic heterocycles. The number of furan rings is 1. The zero-order valence-corrected chi connectivity index (χ0v) is 9.16. The second kappa shape index (κ2) is 4.91. The van der Waals surface area contributed by atoms with Gasteiger partial charge in [0.15, 0.2) is 0 Å². The third kappa shape index (κ3) is 2.68. The number of hydrogen-bond donors (Lipinski definition) is 2. The highest BCUT2D eigenvalue weighted by molar-refractivity contribution is 7.09. The number of nitrogens with one attached hydrogen (secondary N) is 1. The molecule has 0 saturated carbocycles. The Morgan fingerprint density at radius 1 is 1.56 bits per heavy atom. The van der Waals surface area contributed by atoms with Crippen LogP contribution in [-0.2, 0) is 13.1 Å². The average molecular weight is 238 g/mol. The first-order chi connectivity index (χ1) is 7.75. The predicted molar refractivity (Wildman–Crippen MR) is 58.3 cm³/mol. The second-order valence-corrected chi connectivity index (χ2v) is 4.12. The number of aromatic carboxylic acids is 1. The molecule has 2 aromatic rings. The molecule has 0 aliphatic rings. The Morgan fingerprint density at radius 2 is 2.44 bits per heavy atom. The summed E-state index contributed by atoms with van der Waals surface area (Å²) in [7, 11) is 0. The molecule has 0 spiro atoms. The molecule has 2 N–H and O–H groups in total. The third-order valence-electron chi connectivity index (χ3n) is 1.96.